The van der Waals surface area contributed by atoms with E-state index in [0.717, 1.165) is 55.6 Å². The second-order valence-electron chi connectivity index (χ2n) is 9.03. The lowest BCUT2D eigenvalue weighted by Crippen LogP contribution is -2.47. The molecule has 0 spiro atoms. The van der Waals surface area contributed by atoms with Crippen LogP contribution >= 0.6 is 11.5 Å². The number of carbonyl (C=O) groups excluding carboxylic acids is 3. The maximum Gasteiger partial charge on any atom is 0.273 e. The van der Waals surface area contributed by atoms with Crippen molar-refractivity contribution in [3.63, 3.8) is 0 Å². The highest BCUT2D eigenvalue weighted by atomic mass is 32.1. The number of nitrogens with one attached hydrogen (secondary N) is 1. The number of nitrogens with two attached hydrogens (primary N) is 2. The number of anilines is 2. The average Bonchev–Trinajstić information content (AvgIpc) is 3.48. The van der Waals surface area contributed by atoms with E-state index >= 15 is 0 Å². The van der Waals surface area contributed by atoms with Gasteiger partial charge in [-0.15, -0.1) is 0 Å². The first-order valence-electron chi connectivity index (χ1n) is 12.1. The Labute approximate surface area is 214 Å². The Kier molecular flexibility index (Phi) is 7.73. The molecule has 10 heteroatoms. The van der Waals surface area contributed by atoms with Crippen LogP contribution in [-0.4, -0.2) is 28.1 Å². The minimum absolute atomic E-state index is 0.0270. The van der Waals surface area contributed by atoms with Gasteiger partial charge in [-0.05, 0) is 67.5 Å². The van der Waals surface area contributed by atoms with Crippen molar-refractivity contribution in [2.45, 2.75) is 64.5 Å². The van der Waals surface area contributed by atoms with Gasteiger partial charge in [0, 0.05) is 11.7 Å². The lowest BCUT2D eigenvalue weighted by molar-refractivity contribution is -0.123. The number of hydrogen-bond donors (Lipinski definition) is 3. The van der Waals surface area contributed by atoms with Crippen LogP contribution in [-0.2, 0) is 11.2 Å². The van der Waals surface area contributed by atoms with E-state index in [1.165, 1.54) is 4.90 Å². The fourth-order valence-corrected chi connectivity index (χ4v) is 5.26. The van der Waals surface area contributed by atoms with Crippen molar-refractivity contribution in [2.75, 3.05) is 10.6 Å². The van der Waals surface area contributed by atoms with Crippen LogP contribution in [0.1, 0.15) is 82.3 Å². The molecule has 4 rings (SSSR count). The van der Waals surface area contributed by atoms with Crippen LogP contribution in [0.3, 0.4) is 0 Å². The molecule has 0 radical (unpaired) electrons. The van der Waals surface area contributed by atoms with Crippen LogP contribution in [0, 0.1) is 6.92 Å². The zero-order valence-electron chi connectivity index (χ0n) is 20.5. The molecule has 0 saturated heterocycles. The Morgan fingerprint density at radius 1 is 1.14 bits per heavy atom. The molecule has 3 amide bonds. The SMILES string of the molecule is CCc1ccc(N(C(=O)c2snc(C(N)=O)c2N)[C@H](C(=O)NC2CCCCC2)c2ccc(C)o2)cc1. The lowest BCUT2D eigenvalue weighted by atomic mass is 9.95. The predicted octanol–water partition coefficient (Wildman–Crippen LogP) is 4.13. The van der Waals surface area contributed by atoms with Crippen molar-refractivity contribution in [3.8, 4) is 0 Å². The van der Waals surface area contributed by atoms with E-state index in [0.29, 0.717) is 17.2 Å². The van der Waals surface area contributed by atoms with Crippen LogP contribution < -0.4 is 21.7 Å². The molecule has 1 saturated carbocycles. The van der Waals surface area contributed by atoms with Gasteiger partial charge in [-0.2, -0.15) is 4.37 Å². The van der Waals surface area contributed by atoms with Crippen LogP contribution in [0.4, 0.5) is 11.4 Å². The van der Waals surface area contributed by atoms with Crippen molar-refractivity contribution in [2.24, 2.45) is 5.73 Å². The Balaban J connectivity index is 1.81. The van der Waals surface area contributed by atoms with Crippen LogP contribution in [0.2, 0.25) is 0 Å². The number of aromatic nitrogens is 1. The van der Waals surface area contributed by atoms with E-state index in [-0.39, 0.29) is 28.2 Å². The van der Waals surface area contributed by atoms with Crippen molar-refractivity contribution in [3.05, 3.63) is 64.1 Å². The molecule has 2 aromatic heterocycles. The summed E-state index contributed by atoms with van der Waals surface area (Å²) in [5.41, 5.74) is 12.8. The molecular weight excluding hydrogens is 478 g/mol. The van der Waals surface area contributed by atoms with Gasteiger partial charge in [0.05, 0.1) is 5.69 Å². The summed E-state index contributed by atoms with van der Waals surface area (Å²) in [5, 5.41) is 3.13. The lowest BCUT2D eigenvalue weighted by Gasteiger charge is -2.32. The van der Waals surface area contributed by atoms with E-state index in [9.17, 15) is 14.4 Å². The number of benzene rings is 1. The second-order valence-corrected chi connectivity index (χ2v) is 9.80. The second kappa shape index (κ2) is 10.9. The molecule has 1 aliphatic rings. The first-order chi connectivity index (χ1) is 17.3. The van der Waals surface area contributed by atoms with Crippen LogP contribution in [0.25, 0.3) is 0 Å². The number of primary amides is 1. The number of nitrogens with zero attached hydrogens (tertiary/aromatic N) is 2. The smallest absolute Gasteiger partial charge is 0.273 e. The molecule has 1 aromatic carbocycles. The number of furan rings is 1. The zero-order chi connectivity index (χ0) is 25.8. The Hall–Kier alpha value is -3.66. The maximum atomic E-state index is 14.0. The topological polar surface area (TPSA) is 145 Å². The summed E-state index contributed by atoms with van der Waals surface area (Å²) in [5.74, 6) is -0.800. The molecule has 2 heterocycles. The minimum Gasteiger partial charge on any atom is -0.464 e. The van der Waals surface area contributed by atoms with Gasteiger partial charge in [-0.3, -0.25) is 19.3 Å². The molecule has 9 nitrogen and oxygen atoms in total. The van der Waals surface area contributed by atoms with Crippen molar-refractivity contribution in [1.29, 1.82) is 0 Å². The van der Waals surface area contributed by atoms with Crippen molar-refractivity contribution < 1.29 is 18.8 Å². The minimum atomic E-state index is -1.10. The van der Waals surface area contributed by atoms with E-state index in [2.05, 4.69) is 9.69 Å². The Morgan fingerprint density at radius 3 is 2.39 bits per heavy atom. The highest BCUT2D eigenvalue weighted by Crippen LogP contribution is 2.34. The molecule has 190 valence electrons. The Morgan fingerprint density at radius 2 is 1.83 bits per heavy atom. The average molecular weight is 510 g/mol. The van der Waals surface area contributed by atoms with Crippen molar-refractivity contribution >= 4 is 40.6 Å². The number of amides is 3. The highest BCUT2D eigenvalue weighted by molar-refractivity contribution is 7.09. The summed E-state index contributed by atoms with van der Waals surface area (Å²) in [6.07, 6.45) is 5.83. The third-order valence-corrected chi connectivity index (χ3v) is 7.34. The number of nitrogen functional groups attached to an aromatic ring is 1. The third kappa shape index (κ3) is 5.28. The Bertz CT molecular complexity index is 1240. The molecule has 5 N–H and O–H groups in total. The van der Waals surface area contributed by atoms with Gasteiger partial charge in [-0.25, -0.2) is 0 Å². The summed E-state index contributed by atoms with van der Waals surface area (Å²) in [4.78, 5) is 41.0. The largest absolute Gasteiger partial charge is 0.464 e. The summed E-state index contributed by atoms with van der Waals surface area (Å²) in [7, 11) is 0. The van der Waals surface area contributed by atoms with E-state index < -0.39 is 17.9 Å². The standard InChI is InChI=1S/C26H31N5O4S/c1-3-16-10-12-18(13-11-16)31(26(34)23-20(27)21(24(28)32)30-36-23)22(19-14-9-15(2)35-19)25(33)29-17-7-5-4-6-8-17/h9-14,17,22H,3-8,27H2,1-2H3,(H2,28,32)(H,29,33)/t22-/m0/s1. The number of rotatable bonds is 8. The summed E-state index contributed by atoms with van der Waals surface area (Å²) >= 11 is 0.779. The quantitative estimate of drug-likeness (QED) is 0.416. The van der Waals surface area contributed by atoms with E-state index in [1.54, 1.807) is 31.2 Å². The van der Waals surface area contributed by atoms with Gasteiger partial charge in [0.2, 0.25) is 0 Å². The normalized spacial score (nSPS) is 14.8. The van der Waals surface area contributed by atoms with E-state index in [4.69, 9.17) is 15.9 Å². The van der Waals surface area contributed by atoms with Crippen molar-refractivity contribution in [1.82, 2.24) is 9.69 Å². The fraction of sp³-hybridized carbons (Fsp3) is 0.385. The number of carbonyl (C=O) groups is 3. The number of aryl methyl sites for hydroxylation is 2. The first-order valence-corrected chi connectivity index (χ1v) is 12.9. The molecule has 0 unspecified atom stereocenters. The summed E-state index contributed by atoms with van der Waals surface area (Å²) < 4.78 is 9.88. The fourth-order valence-electron chi connectivity index (χ4n) is 4.52. The number of hydrogen-bond acceptors (Lipinski definition) is 7. The predicted molar refractivity (Wildman–Crippen MR) is 139 cm³/mol. The summed E-state index contributed by atoms with van der Waals surface area (Å²) in [6.45, 7) is 3.81. The monoisotopic (exact) mass is 509 g/mol. The molecular formula is C26H31N5O4S. The van der Waals surface area contributed by atoms with Gasteiger partial charge in [0.15, 0.2) is 11.7 Å². The molecule has 36 heavy (non-hydrogen) atoms. The molecule has 1 fully saturated rings. The van der Waals surface area contributed by atoms with Gasteiger partial charge in [0.1, 0.15) is 16.4 Å². The zero-order valence-corrected chi connectivity index (χ0v) is 21.3. The van der Waals surface area contributed by atoms with E-state index in [1.807, 2.05) is 19.1 Å². The van der Waals surface area contributed by atoms with Gasteiger partial charge in [-0.1, -0.05) is 38.3 Å². The van der Waals surface area contributed by atoms with Gasteiger partial charge < -0.3 is 21.2 Å². The molecule has 1 aliphatic carbocycles. The molecule has 1 atom stereocenters. The van der Waals surface area contributed by atoms with Crippen LogP contribution in [0.15, 0.2) is 40.8 Å². The molecule has 0 bridgehead atoms. The van der Waals surface area contributed by atoms with Gasteiger partial charge >= 0.3 is 0 Å². The van der Waals surface area contributed by atoms with Gasteiger partial charge in [0.25, 0.3) is 17.7 Å². The first kappa shape index (κ1) is 25.4. The maximum absolute atomic E-state index is 14.0. The highest BCUT2D eigenvalue weighted by Gasteiger charge is 2.38. The molecule has 3 aromatic rings. The summed E-state index contributed by atoms with van der Waals surface area (Å²) in [6, 6.07) is 9.78. The molecule has 0 aliphatic heterocycles. The third-order valence-electron chi connectivity index (χ3n) is 6.49. The van der Waals surface area contributed by atoms with Crippen LogP contribution in [0.5, 0.6) is 0 Å².